The first kappa shape index (κ1) is 16.5. The van der Waals surface area contributed by atoms with Crippen LogP contribution in [0.5, 0.6) is 0 Å². The molecule has 0 radical (unpaired) electrons. The zero-order valence-corrected chi connectivity index (χ0v) is 12.4. The van der Waals surface area contributed by atoms with Gasteiger partial charge in [0.15, 0.2) is 0 Å². The lowest BCUT2D eigenvalue weighted by Crippen LogP contribution is -2.40. The van der Waals surface area contributed by atoms with E-state index in [1.54, 1.807) is 32.9 Å². The van der Waals surface area contributed by atoms with Crippen LogP contribution >= 0.6 is 0 Å². The number of carbonyl (C=O) groups excluding carboxylic acids is 1. The Hall–Kier alpha value is -1.59. The second-order valence-electron chi connectivity index (χ2n) is 5.78. The number of aliphatic hydroxyl groups excluding tert-OH is 2. The molecule has 0 aromatic heterocycles. The van der Waals surface area contributed by atoms with Crippen LogP contribution in [0, 0.1) is 6.92 Å². The van der Waals surface area contributed by atoms with Crippen LogP contribution in [0.25, 0.3) is 0 Å². The Morgan fingerprint density at radius 1 is 1.30 bits per heavy atom. The van der Waals surface area contributed by atoms with E-state index in [1.165, 1.54) is 0 Å². The van der Waals surface area contributed by atoms with E-state index in [-0.39, 0.29) is 0 Å². The predicted octanol–water partition coefficient (Wildman–Crippen LogP) is 1.91. The monoisotopic (exact) mass is 281 g/mol. The maximum Gasteiger partial charge on any atom is 0.408 e. The van der Waals surface area contributed by atoms with Crippen molar-refractivity contribution >= 4 is 6.09 Å². The van der Waals surface area contributed by atoms with Crippen molar-refractivity contribution in [3.63, 3.8) is 0 Å². The molecular formula is C15H23NO4. The molecule has 1 amide bonds. The summed E-state index contributed by atoms with van der Waals surface area (Å²) in [7, 11) is 0. The summed E-state index contributed by atoms with van der Waals surface area (Å²) in [6.45, 7) is 6.78. The van der Waals surface area contributed by atoms with Gasteiger partial charge in [0.1, 0.15) is 11.7 Å². The van der Waals surface area contributed by atoms with Gasteiger partial charge in [-0.2, -0.15) is 0 Å². The van der Waals surface area contributed by atoms with E-state index in [2.05, 4.69) is 5.32 Å². The van der Waals surface area contributed by atoms with Crippen molar-refractivity contribution in [2.75, 3.05) is 6.61 Å². The Kier molecular flexibility index (Phi) is 5.53. The number of benzene rings is 1. The van der Waals surface area contributed by atoms with Crippen LogP contribution < -0.4 is 5.32 Å². The summed E-state index contributed by atoms with van der Waals surface area (Å²) in [5, 5.41) is 21.6. The van der Waals surface area contributed by atoms with E-state index in [1.807, 2.05) is 19.1 Å². The zero-order valence-electron chi connectivity index (χ0n) is 12.4. The molecule has 3 N–H and O–H groups in total. The summed E-state index contributed by atoms with van der Waals surface area (Å²) in [4.78, 5) is 11.8. The van der Waals surface area contributed by atoms with Gasteiger partial charge in [0.25, 0.3) is 0 Å². The Balaban J connectivity index is 2.85. The molecule has 0 unspecified atom stereocenters. The van der Waals surface area contributed by atoms with Crippen molar-refractivity contribution in [3.05, 3.63) is 35.4 Å². The van der Waals surface area contributed by atoms with Gasteiger partial charge in [-0.05, 0) is 33.3 Å². The Bertz CT molecular complexity index is 436. The number of alkyl carbamates (subject to hydrolysis) is 1. The van der Waals surface area contributed by atoms with Gasteiger partial charge in [-0.1, -0.05) is 29.8 Å². The van der Waals surface area contributed by atoms with Crippen molar-refractivity contribution in [3.8, 4) is 0 Å². The van der Waals surface area contributed by atoms with E-state index >= 15 is 0 Å². The molecule has 0 aliphatic rings. The van der Waals surface area contributed by atoms with Gasteiger partial charge in [0.05, 0.1) is 12.6 Å². The fourth-order valence-corrected chi connectivity index (χ4v) is 1.72. The number of ether oxygens (including phenoxy) is 1. The molecular weight excluding hydrogens is 258 g/mol. The molecule has 1 aromatic carbocycles. The molecule has 0 heterocycles. The molecule has 112 valence electrons. The topological polar surface area (TPSA) is 78.8 Å². The largest absolute Gasteiger partial charge is 0.444 e. The molecule has 0 saturated heterocycles. The third-order valence-corrected chi connectivity index (χ3v) is 2.68. The van der Waals surface area contributed by atoms with Gasteiger partial charge in [0, 0.05) is 0 Å². The smallest absolute Gasteiger partial charge is 0.408 e. The van der Waals surface area contributed by atoms with Crippen molar-refractivity contribution < 1.29 is 19.7 Å². The number of carbonyl (C=O) groups is 1. The van der Waals surface area contributed by atoms with Gasteiger partial charge in [-0.15, -0.1) is 0 Å². The minimum atomic E-state index is -1.09. The molecule has 0 spiro atoms. The highest BCUT2D eigenvalue weighted by atomic mass is 16.6. The number of amides is 1. The lowest BCUT2D eigenvalue weighted by molar-refractivity contribution is 0.0316. The standard InChI is InChI=1S/C15H23NO4/c1-10-5-7-11(8-6-10)13(12(18)9-17)16-14(19)20-15(2,3)4/h5-8,12-13,17-18H,9H2,1-4H3,(H,16,19)/t12-,13+/m0/s1. The zero-order chi connectivity index (χ0) is 15.3. The van der Waals surface area contributed by atoms with Crippen molar-refractivity contribution in [1.29, 1.82) is 0 Å². The van der Waals surface area contributed by atoms with Crippen LogP contribution in [0.2, 0.25) is 0 Å². The number of aryl methyl sites for hydroxylation is 1. The quantitative estimate of drug-likeness (QED) is 0.787. The second kappa shape index (κ2) is 6.72. The molecule has 0 bridgehead atoms. The maximum absolute atomic E-state index is 11.8. The molecule has 0 fully saturated rings. The first-order valence-corrected chi connectivity index (χ1v) is 6.58. The molecule has 0 aliphatic carbocycles. The fraction of sp³-hybridized carbons (Fsp3) is 0.533. The molecule has 1 rings (SSSR count). The van der Waals surface area contributed by atoms with Gasteiger partial charge < -0.3 is 20.3 Å². The van der Waals surface area contributed by atoms with E-state index in [9.17, 15) is 9.90 Å². The highest BCUT2D eigenvalue weighted by Crippen LogP contribution is 2.19. The first-order chi connectivity index (χ1) is 9.23. The van der Waals surface area contributed by atoms with Crippen LogP contribution in [-0.4, -0.2) is 34.6 Å². The van der Waals surface area contributed by atoms with Crippen molar-refractivity contribution in [2.45, 2.75) is 45.4 Å². The minimum Gasteiger partial charge on any atom is -0.444 e. The third-order valence-electron chi connectivity index (χ3n) is 2.68. The van der Waals surface area contributed by atoms with Gasteiger partial charge >= 0.3 is 6.09 Å². The summed E-state index contributed by atoms with van der Waals surface area (Å²) in [6, 6.07) is 6.65. The van der Waals surface area contributed by atoms with Gasteiger partial charge in [-0.25, -0.2) is 4.79 Å². The van der Waals surface area contributed by atoms with Crippen molar-refractivity contribution in [1.82, 2.24) is 5.32 Å². The normalized spacial score (nSPS) is 14.5. The first-order valence-electron chi connectivity index (χ1n) is 6.58. The SMILES string of the molecule is Cc1ccc([C@@H](NC(=O)OC(C)(C)C)[C@@H](O)CO)cc1. The Morgan fingerprint density at radius 2 is 1.85 bits per heavy atom. The number of nitrogens with one attached hydrogen (secondary N) is 1. The van der Waals surface area contributed by atoms with E-state index in [0.29, 0.717) is 5.56 Å². The van der Waals surface area contributed by atoms with Crippen LogP contribution in [0.3, 0.4) is 0 Å². The molecule has 0 saturated carbocycles. The minimum absolute atomic E-state index is 0.450. The predicted molar refractivity (Wildman–Crippen MR) is 76.4 cm³/mol. The average Bonchev–Trinajstić information content (AvgIpc) is 2.34. The lowest BCUT2D eigenvalue weighted by Gasteiger charge is -2.26. The van der Waals surface area contributed by atoms with Crippen LogP contribution in [0.4, 0.5) is 4.79 Å². The van der Waals surface area contributed by atoms with Crippen LogP contribution in [-0.2, 0) is 4.74 Å². The summed E-state index contributed by atoms with van der Waals surface area (Å²) < 4.78 is 5.17. The summed E-state index contributed by atoms with van der Waals surface area (Å²) >= 11 is 0. The van der Waals surface area contributed by atoms with Gasteiger partial charge in [0.2, 0.25) is 0 Å². The van der Waals surface area contributed by atoms with Crippen LogP contribution in [0.15, 0.2) is 24.3 Å². The van der Waals surface area contributed by atoms with E-state index < -0.39 is 30.4 Å². The maximum atomic E-state index is 11.8. The molecule has 5 nitrogen and oxygen atoms in total. The van der Waals surface area contributed by atoms with E-state index in [4.69, 9.17) is 9.84 Å². The number of hydrogen-bond donors (Lipinski definition) is 3. The average molecular weight is 281 g/mol. The summed E-state index contributed by atoms with van der Waals surface area (Å²) in [5.41, 5.74) is 1.16. The molecule has 2 atom stereocenters. The Labute approximate surface area is 119 Å². The summed E-state index contributed by atoms with van der Waals surface area (Å²) in [6.07, 6.45) is -1.72. The number of aliphatic hydroxyl groups is 2. The number of hydrogen-bond acceptors (Lipinski definition) is 4. The Morgan fingerprint density at radius 3 is 2.30 bits per heavy atom. The third kappa shape index (κ3) is 5.19. The fourth-order valence-electron chi connectivity index (χ4n) is 1.72. The highest BCUT2D eigenvalue weighted by Gasteiger charge is 2.25. The van der Waals surface area contributed by atoms with Gasteiger partial charge in [-0.3, -0.25) is 0 Å². The molecule has 5 heteroatoms. The highest BCUT2D eigenvalue weighted by molar-refractivity contribution is 5.68. The summed E-state index contributed by atoms with van der Waals surface area (Å²) in [5.74, 6) is 0. The van der Waals surface area contributed by atoms with Crippen molar-refractivity contribution in [2.24, 2.45) is 0 Å². The van der Waals surface area contributed by atoms with Crippen LogP contribution in [0.1, 0.15) is 37.9 Å². The number of rotatable bonds is 4. The molecule has 0 aliphatic heterocycles. The van der Waals surface area contributed by atoms with E-state index in [0.717, 1.165) is 5.56 Å². The lowest BCUT2D eigenvalue weighted by atomic mass is 10.0. The second-order valence-corrected chi connectivity index (χ2v) is 5.78. The molecule has 1 aromatic rings. The molecule has 20 heavy (non-hydrogen) atoms.